The summed E-state index contributed by atoms with van der Waals surface area (Å²) in [6.07, 6.45) is 7.23. The van der Waals surface area contributed by atoms with Gasteiger partial charge in [0.1, 0.15) is 6.04 Å². The number of hydrogen-bond donors (Lipinski definition) is 0. The van der Waals surface area contributed by atoms with Gasteiger partial charge in [-0.1, -0.05) is 17.3 Å². The van der Waals surface area contributed by atoms with E-state index in [-0.39, 0.29) is 5.70 Å². The zero-order chi connectivity index (χ0) is 13.9. The van der Waals surface area contributed by atoms with Crippen molar-refractivity contribution >= 4 is 0 Å². The minimum atomic E-state index is -0.439. The molecule has 1 saturated heterocycles. The molecule has 0 amide bonds. The maximum atomic E-state index is 11.1. The summed E-state index contributed by atoms with van der Waals surface area (Å²) in [6.45, 7) is 2.79. The van der Waals surface area contributed by atoms with Crippen LogP contribution in [0.3, 0.4) is 0 Å². The van der Waals surface area contributed by atoms with Crippen molar-refractivity contribution in [2.24, 2.45) is 22.2 Å². The first kappa shape index (κ1) is 13.2. The first-order valence-electron chi connectivity index (χ1n) is 7.12. The molecule has 0 aromatic rings. The number of nitroso groups, excluding NO2 is 2. The highest BCUT2D eigenvalue weighted by Gasteiger charge is 2.37. The molecule has 0 spiro atoms. The second-order valence-electron chi connectivity index (χ2n) is 5.81. The van der Waals surface area contributed by atoms with Crippen molar-refractivity contribution < 1.29 is 0 Å². The number of allylic oxidation sites excluding steroid dienone is 1. The van der Waals surface area contributed by atoms with E-state index in [1.807, 2.05) is 0 Å². The second kappa shape index (κ2) is 5.68. The molecule has 1 heterocycles. The van der Waals surface area contributed by atoms with Crippen LogP contribution in [-0.2, 0) is 0 Å². The minimum absolute atomic E-state index is 0.203. The smallest absolute Gasteiger partial charge is 0.158 e. The van der Waals surface area contributed by atoms with E-state index >= 15 is 0 Å². The Morgan fingerprint density at radius 1 is 1.20 bits per heavy atom. The highest BCUT2D eigenvalue weighted by Crippen LogP contribution is 2.37. The zero-order valence-electron chi connectivity index (χ0n) is 11.3. The Morgan fingerprint density at radius 3 is 2.50 bits per heavy atom. The quantitative estimate of drug-likeness (QED) is 0.570. The number of rotatable bonds is 5. The van der Waals surface area contributed by atoms with Gasteiger partial charge in [0.05, 0.1) is 0 Å². The lowest BCUT2D eigenvalue weighted by Crippen LogP contribution is -2.31. The van der Waals surface area contributed by atoms with E-state index in [0.717, 1.165) is 24.9 Å². The van der Waals surface area contributed by atoms with Gasteiger partial charge in [-0.05, 0) is 47.7 Å². The van der Waals surface area contributed by atoms with Gasteiger partial charge in [0.2, 0.25) is 0 Å². The van der Waals surface area contributed by atoms with Crippen LogP contribution in [0.4, 0.5) is 0 Å². The topological polar surface area (TPSA) is 62.1 Å². The van der Waals surface area contributed by atoms with E-state index in [9.17, 15) is 9.81 Å². The summed E-state index contributed by atoms with van der Waals surface area (Å²) in [4.78, 5) is 23.8. The molecule has 3 unspecified atom stereocenters. The van der Waals surface area contributed by atoms with Crippen LogP contribution in [0.15, 0.2) is 45.2 Å². The average molecular weight is 271 g/mol. The largest absolute Gasteiger partial charge is 0.300 e. The molecular formula is C15H17N3O2. The van der Waals surface area contributed by atoms with E-state index in [1.54, 1.807) is 12.2 Å². The lowest BCUT2D eigenvalue weighted by atomic mass is 10.0. The zero-order valence-corrected chi connectivity index (χ0v) is 11.3. The van der Waals surface area contributed by atoms with Crippen LogP contribution in [0.2, 0.25) is 0 Å². The van der Waals surface area contributed by atoms with Gasteiger partial charge in [0.15, 0.2) is 5.70 Å². The highest BCUT2D eigenvalue weighted by atomic mass is 16.3. The molecule has 2 aliphatic carbocycles. The van der Waals surface area contributed by atoms with Gasteiger partial charge in [-0.2, -0.15) is 4.91 Å². The highest BCUT2D eigenvalue weighted by molar-refractivity contribution is 5.34. The normalized spacial score (nSPS) is 29.8. The molecule has 1 saturated carbocycles. The van der Waals surface area contributed by atoms with Crippen LogP contribution in [-0.4, -0.2) is 30.6 Å². The molecule has 3 aliphatic rings. The average Bonchev–Trinajstić information content (AvgIpc) is 3.06. The third kappa shape index (κ3) is 2.56. The number of nitrogens with zero attached hydrogens (tertiary/aromatic N) is 3. The maximum Gasteiger partial charge on any atom is 0.158 e. The van der Waals surface area contributed by atoms with Gasteiger partial charge in [-0.25, -0.2) is 0 Å². The second-order valence-corrected chi connectivity index (χ2v) is 5.81. The van der Waals surface area contributed by atoms with Crippen LogP contribution in [0.25, 0.3) is 0 Å². The fourth-order valence-electron chi connectivity index (χ4n) is 3.55. The molecule has 1 aliphatic heterocycles. The molecular weight excluding hydrogens is 254 g/mol. The van der Waals surface area contributed by atoms with Crippen molar-refractivity contribution in [2.75, 3.05) is 19.6 Å². The fraction of sp³-hybridized carbons (Fsp3) is 0.600. The van der Waals surface area contributed by atoms with Crippen LogP contribution < -0.4 is 0 Å². The van der Waals surface area contributed by atoms with Gasteiger partial charge in [-0.3, -0.25) is 0 Å². The Bertz CT molecular complexity index is 541. The predicted octanol–water partition coefficient (Wildman–Crippen LogP) is 2.75. The molecule has 5 nitrogen and oxygen atoms in total. The SMILES string of the molecule is O=NC1=C=C=C(C(CN2CC3CCCC3C2)N=O)C=C1. The molecule has 3 atom stereocenters. The molecule has 3 rings (SSSR count). The van der Waals surface area contributed by atoms with Crippen LogP contribution in [0.1, 0.15) is 19.3 Å². The van der Waals surface area contributed by atoms with Crippen molar-refractivity contribution in [2.45, 2.75) is 25.3 Å². The summed E-state index contributed by atoms with van der Waals surface area (Å²) in [7, 11) is 0. The number of fused-ring (bicyclic) bond motifs is 1. The van der Waals surface area contributed by atoms with Crippen LogP contribution >= 0.6 is 0 Å². The first-order valence-corrected chi connectivity index (χ1v) is 7.12. The Labute approximate surface area is 117 Å². The van der Waals surface area contributed by atoms with Crippen molar-refractivity contribution in [3.05, 3.63) is 44.7 Å². The Kier molecular flexibility index (Phi) is 3.75. The lowest BCUT2D eigenvalue weighted by Gasteiger charge is -2.20. The van der Waals surface area contributed by atoms with E-state index in [2.05, 4.69) is 26.7 Å². The van der Waals surface area contributed by atoms with E-state index in [1.165, 1.54) is 19.3 Å². The fourth-order valence-corrected chi connectivity index (χ4v) is 3.55. The summed E-state index contributed by atoms with van der Waals surface area (Å²) in [5, 5.41) is 6.00. The van der Waals surface area contributed by atoms with Gasteiger partial charge in [-0.15, -0.1) is 4.91 Å². The van der Waals surface area contributed by atoms with Crippen LogP contribution in [0, 0.1) is 21.6 Å². The molecule has 0 bridgehead atoms. The number of likely N-dealkylation sites (tertiary alicyclic amines) is 1. The van der Waals surface area contributed by atoms with Gasteiger partial charge >= 0.3 is 0 Å². The third-order valence-corrected chi connectivity index (χ3v) is 4.57. The summed E-state index contributed by atoms with van der Waals surface area (Å²) in [5.41, 5.74) is 6.36. The first-order chi connectivity index (χ1) is 9.80. The summed E-state index contributed by atoms with van der Waals surface area (Å²) in [6, 6.07) is -0.439. The predicted molar refractivity (Wildman–Crippen MR) is 75.8 cm³/mol. The standard InChI is InChI=1S/C15H17N3O2/c19-16-14-6-4-11(5-7-14)15(17-20)10-18-8-12-2-1-3-13(12)9-18/h4,6,12-13,15H,1-3,8-10H2. The van der Waals surface area contributed by atoms with E-state index in [4.69, 9.17) is 0 Å². The van der Waals surface area contributed by atoms with Crippen molar-refractivity contribution in [3.63, 3.8) is 0 Å². The Hall–Kier alpha value is -1.80. The monoisotopic (exact) mass is 271 g/mol. The van der Waals surface area contributed by atoms with Gasteiger partial charge in [0, 0.05) is 25.2 Å². The maximum absolute atomic E-state index is 11.1. The molecule has 0 N–H and O–H groups in total. The van der Waals surface area contributed by atoms with E-state index < -0.39 is 6.04 Å². The molecule has 0 aromatic heterocycles. The lowest BCUT2D eigenvalue weighted by molar-refractivity contribution is 0.301. The van der Waals surface area contributed by atoms with E-state index in [0.29, 0.717) is 12.1 Å². The van der Waals surface area contributed by atoms with Gasteiger partial charge in [0.25, 0.3) is 0 Å². The van der Waals surface area contributed by atoms with Crippen LogP contribution in [0.5, 0.6) is 0 Å². The molecule has 2 fully saturated rings. The molecule has 20 heavy (non-hydrogen) atoms. The molecule has 0 aromatic carbocycles. The summed E-state index contributed by atoms with van der Waals surface area (Å²) in [5.74, 6) is 1.61. The van der Waals surface area contributed by atoms with Crippen molar-refractivity contribution in [1.29, 1.82) is 0 Å². The summed E-state index contributed by atoms with van der Waals surface area (Å²) < 4.78 is 0. The van der Waals surface area contributed by atoms with Crippen molar-refractivity contribution in [3.8, 4) is 0 Å². The van der Waals surface area contributed by atoms with Crippen molar-refractivity contribution in [1.82, 2.24) is 4.90 Å². The number of hydrogen-bond acceptors (Lipinski definition) is 5. The Morgan fingerprint density at radius 2 is 1.95 bits per heavy atom. The Balaban J connectivity index is 1.68. The molecule has 104 valence electrons. The molecule has 0 radical (unpaired) electrons. The van der Waals surface area contributed by atoms with Gasteiger partial charge < -0.3 is 4.90 Å². The minimum Gasteiger partial charge on any atom is -0.300 e. The summed E-state index contributed by atoms with van der Waals surface area (Å²) >= 11 is 0. The molecule has 5 heteroatoms. The third-order valence-electron chi connectivity index (χ3n) is 4.57.